The first-order valence-electron chi connectivity index (χ1n) is 6.29. The van der Waals surface area contributed by atoms with E-state index in [9.17, 15) is 16.8 Å². The SMILES string of the molecule is Cc1ncc(CN(C)S(=O)(=O)c2ccccc2S(C)(=O)=O)s1. The summed E-state index contributed by atoms with van der Waals surface area (Å²) in [5.74, 6) is 0. The third kappa shape index (κ3) is 3.54. The largest absolute Gasteiger partial charge is 0.250 e. The zero-order valence-corrected chi connectivity index (χ0v) is 14.8. The Morgan fingerprint density at radius 3 is 2.23 bits per heavy atom. The Labute approximate surface area is 134 Å². The maximum absolute atomic E-state index is 12.7. The number of thiazole rings is 1. The molecule has 6 nitrogen and oxygen atoms in total. The van der Waals surface area contributed by atoms with Gasteiger partial charge in [0.05, 0.1) is 9.90 Å². The second-order valence-electron chi connectivity index (χ2n) is 4.83. The highest BCUT2D eigenvalue weighted by atomic mass is 32.2. The summed E-state index contributed by atoms with van der Waals surface area (Å²) in [6.07, 6.45) is 2.61. The maximum Gasteiger partial charge on any atom is 0.244 e. The lowest BCUT2D eigenvalue weighted by atomic mass is 10.4. The van der Waals surface area contributed by atoms with E-state index >= 15 is 0 Å². The van der Waals surface area contributed by atoms with Crippen molar-refractivity contribution < 1.29 is 16.8 Å². The number of rotatable bonds is 5. The van der Waals surface area contributed by atoms with Crippen LogP contribution >= 0.6 is 11.3 Å². The summed E-state index contributed by atoms with van der Waals surface area (Å²) >= 11 is 1.40. The Kier molecular flexibility index (Phi) is 4.71. The van der Waals surface area contributed by atoms with Crippen molar-refractivity contribution in [1.29, 1.82) is 0 Å². The van der Waals surface area contributed by atoms with Gasteiger partial charge in [0.15, 0.2) is 9.84 Å². The molecule has 120 valence electrons. The number of aryl methyl sites for hydroxylation is 1. The molecule has 0 aliphatic heterocycles. The van der Waals surface area contributed by atoms with Gasteiger partial charge in [-0.15, -0.1) is 11.3 Å². The van der Waals surface area contributed by atoms with Crippen molar-refractivity contribution in [3.63, 3.8) is 0 Å². The molecule has 0 atom stereocenters. The van der Waals surface area contributed by atoms with E-state index in [1.165, 1.54) is 42.6 Å². The van der Waals surface area contributed by atoms with Gasteiger partial charge < -0.3 is 0 Å². The molecule has 0 aliphatic carbocycles. The van der Waals surface area contributed by atoms with Gasteiger partial charge in [0.2, 0.25) is 10.0 Å². The number of aromatic nitrogens is 1. The number of hydrogen-bond donors (Lipinski definition) is 0. The molecule has 2 aromatic rings. The number of benzene rings is 1. The smallest absolute Gasteiger partial charge is 0.244 e. The van der Waals surface area contributed by atoms with Crippen molar-refractivity contribution >= 4 is 31.2 Å². The molecule has 22 heavy (non-hydrogen) atoms. The summed E-state index contributed by atoms with van der Waals surface area (Å²) in [4.78, 5) is 4.48. The first-order chi connectivity index (χ1) is 10.1. The Hall–Kier alpha value is -1.29. The summed E-state index contributed by atoms with van der Waals surface area (Å²) in [5.41, 5.74) is 0. The Morgan fingerprint density at radius 2 is 1.73 bits per heavy atom. The van der Waals surface area contributed by atoms with Crippen LogP contribution in [0.25, 0.3) is 0 Å². The minimum atomic E-state index is -3.91. The van der Waals surface area contributed by atoms with Crippen molar-refractivity contribution in [2.24, 2.45) is 0 Å². The monoisotopic (exact) mass is 360 g/mol. The van der Waals surface area contributed by atoms with Crippen LogP contribution in [0.1, 0.15) is 9.88 Å². The molecule has 0 spiro atoms. The molecule has 1 heterocycles. The lowest BCUT2D eigenvalue weighted by Gasteiger charge is -2.18. The maximum atomic E-state index is 12.7. The van der Waals surface area contributed by atoms with E-state index in [1.807, 2.05) is 6.92 Å². The molecule has 0 unspecified atom stereocenters. The van der Waals surface area contributed by atoms with Gasteiger partial charge >= 0.3 is 0 Å². The van der Waals surface area contributed by atoms with E-state index in [1.54, 1.807) is 6.20 Å². The molecule has 0 radical (unpaired) electrons. The molecule has 0 amide bonds. The lowest BCUT2D eigenvalue weighted by molar-refractivity contribution is 0.467. The predicted octanol–water partition coefficient (Wildman–Crippen LogP) is 1.68. The highest BCUT2D eigenvalue weighted by Crippen LogP contribution is 2.25. The van der Waals surface area contributed by atoms with Crippen molar-refractivity contribution in [1.82, 2.24) is 9.29 Å². The topological polar surface area (TPSA) is 84.4 Å². The zero-order valence-electron chi connectivity index (χ0n) is 12.3. The van der Waals surface area contributed by atoms with Gasteiger partial charge in [-0.05, 0) is 19.1 Å². The number of sulfone groups is 1. The normalized spacial score (nSPS) is 12.7. The summed E-state index contributed by atoms with van der Waals surface area (Å²) in [6.45, 7) is 1.98. The third-order valence-corrected chi connectivity index (χ3v) is 7.03. The third-order valence-electron chi connectivity index (χ3n) is 2.98. The second-order valence-corrected chi connectivity index (χ2v) is 10.1. The van der Waals surface area contributed by atoms with Crippen molar-refractivity contribution in [3.05, 3.63) is 40.3 Å². The second kappa shape index (κ2) is 6.07. The molecule has 0 saturated heterocycles. The molecule has 0 fully saturated rings. The summed E-state index contributed by atoms with van der Waals surface area (Å²) < 4.78 is 50.0. The Morgan fingerprint density at radius 1 is 1.14 bits per heavy atom. The molecule has 1 aromatic heterocycles. The fraction of sp³-hybridized carbons (Fsp3) is 0.308. The van der Waals surface area contributed by atoms with Crippen molar-refractivity contribution in [3.8, 4) is 0 Å². The van der Waals surface area contributed by atoms with Gasteiger partial charge in [-0.25, -0.2) is 21.8 Å². The van der Waals surface area contributed by atoms with E-state index < -0.39 is 19.9 Å². The van der Waals surface area contributed by atoms with Gasteiger partial charge in [0.1, 0.15) is 4.90 Å². The van der Waals surface area contributed by atoms with Crippen LogP contribution in [0, 0.1) is 6.92 Å². The van der Waals surface area contributed by atoms with E-state index in [4.69, 9.17) is 0 Å². The van der Waals surface area contributed by atoms with Gasteiger partial charge in [0.25, 0.3) is 0 Å². The molecule has 0 aliphatic rings. The van der Waals surface area contributed by atoms with E-state index in [-0.39, 0.29) is 16.3 Å². The van der Waals surface area contributed by atoms with E-state index in [0.29, 0.717) is 0 Å². The molecule has 0 bridgehead atoms. The summed E-state index contributed by atoms with van der Waals surface area (Å²) in [5, 5.41) is 0.845. The molecular weight excluding hydrogens is 344 g/mol. The highest BCUT2D eigenvalue weighted by molar-refractivity contribution is 7.93. The van der Waals surface area contributed by atoms with Gasteiger partial charge in [-0.1, -0.05) is 12.1 Å². The van der Waals surface area contributed by atoms with Crippen LogP contribution in [0.15, 0.2) is 40.3 Å². The number of nitrogens with zero attached hydrogens (tertiary/aromatic N) is 2. The Bertz CT molecular complexity index is 886. The predicted molar refractivity (Wildman–Crippen MR) is 85.1 cm³/mol. The number of sulfonamides is 1. The summed E-state index contributed by atoms with van der Waals surface area (Å²) in [6, 6.07) is 5.61. The average molecular weight is 360 g/mol. The van der Waals surface area contributed by atoms with Crippen LogP contribution in [0.2, 0.25) is 0 Å². The zero-order chi connectivity index (χ0) is 16.5. The van der Waals surface area contributed by atoms with Crippen LogP contribution in [-0.2, 0) is 26.4 Å². The van der Waals surface area contributed by atoms with Gasteiger partial charge in [-0.3, -0.25) is 0 Å². The van der Waals surface area contributed by atoms with Gasteiger partial charge in [-0.2, -0.15) is 4.31 Å². The fourth-order valence-electron chi connectivity index (χ4n) is 1.92. The van der Waals surface area contributed by atoms with Gasteiger partial charge in [0, 0.05) is 30.9 Å². The molecule has 1 aromatic carbocycles. The Balaban J connectivity index is 2.43. The fourth-order valence-corrected chi connectivity index (χ4v) is 5.60. The molecule has 2 rings (SSSR count). The first kappa shape index (κ1) is 17.1. The molecule has 0 saturated carbocycles. The van der Waals surface area contributed by atoms with Crippen LogP contribution in [-0.4, -0.2) is 39.4 Å². The van der Waals surface area contributed by atoms with Crippen LogP contribution in [0.3, 0.4) is 0 Å². The van der Waals surface area contributed by atoms with Crippen molar-refractivity contribution in [2.75, 3.05) is 13.3 Å². The first-order valence-corrected chi connectivity index (χ1v) is 10.4. The lowest BCUT2D eigenvalue weighted by Crippen LogP contribution is -2.27. The standard InChI is InChI=1S/C13H16N2O4S3/c1-10-14-8-11(20-10)9-15(2)22(18,19)13-7-5-4-6-12(13)21(3,16)17/h4-8H,9H2,1-3H3. The van der Waals surface area contributed by atoms with E-state index in [2.05, 4.69) is 4.98 Å². The molecular formula is C13H16N2O4S3. The van der Waals surface area contributed by atoms with Crippen LogP contribution in [0.4, 0.5) is 0 Å². The van der Waals surface area contributed by atoms with E-state index in [0.717, 1.165) is 20.4 Å². The van der Waals surface area contributed by atoms with Crippen molar-refractivity contribution in [2.45, 2.75) is 23.3 Å². The minimum Gasteiger partial charge on any atom is -0.250 e. The highest BCUT2D eigenvalue weighted by Gasteiger charge is 2.27. The molecule has 0 N–H and O–H groups in total. The number of hydrogen-bond acceptors (Lipinski definition) is 6. The summed E-state index contributed by atoms with van der Waals surface area (Å²) in [7, 11) is -6.12. The quantitative estimate of drug-likeness (QED) is 0.810. The average Bonchev–Trinajstić information content (AvgIpc) is 2.83. The van der Waals surface area contributed by atoms with Crippen LogP contribution < -0.4 is 0 Å². The van der Waals surface area contributed by atoms with Crippen LogP contribution in [0.5, 0.6) is 0 Å². The molecule has 9 heteroatoms. The minimum absolute atomic E-state index is 0.145.